The largest absolute Gasteiger partial charge is 0.461 e. The van der Waals surface area contributed by atoms with Gasteiger partial charge in [0.1, 0.15) is 11.5 Å². The molecule has 0 unspecified atom stereocenters. The maximum atomic E-state index is 13.8. The Morgan fingerprint density at radius 1 is 1.52 bits per heavy atom. The molecule has 0 fully saturated rings. The van der Waals surface area contributed by atoms with Crippen molar-refractivity contribution in [3.63, 3.8) is 0 Å². The number of esters is 1. The number of hydrogen-bond donors (Lipinski definition) is 0. The number of carbonyl (C=O) groups is 1. The lowest BCUT2D eigenvalue weighted by Crippen LogP contribution is -2.37. The minimum Gasteiger partial charge on any atom is -0.461 e. The lowest BCUT2D eigenvalue weighted by atomic mass is 10.2. The zero-order valence-corrected chi connectivity index (χ0v) is 14.0. The third-order valence-corrected chi connectivity index (χ3v) is 3.02. The highest BCUT2D eigenvalue weighted by Crippen LogP contribution is 2.20. The first kappa shape index (κ1) is 20.0. The normalized spacial score (nSPS) is 15.5. The van der Waals surface area contributed by atoms with Crippen LogP contribution >= 0.6 is 0 Å². The summed E-state index contributed by atoms with van der Waals surface area (Å²) >= 11 is 0. The standard InChI is InChI=1S/C18H18F2N2O3/c1-4-15(25-16-8-6-7-14(11-21)9-10-16)12-22-13(3)18(19,20)17(23)24-5-2/h4,6-7,9-10,12H,1,5,8H2,2-3H3/b15-12+,22-13+. The van der Waals surface area contributed by atoms with E-state index in [2.05, 4.69) is 16.3 Å². The molecule has 0 aliphatic heterocycles. The first-order valence-electron chi connectivity index (χ1n) is 7.43. The van der Waals surface area contributed by atoms with E-state index in [1.54, 1.807) is 24.3 Å². The monoisotopic (exact) mass is 348 g/mol. The second kappa shape index (κ2) is 9.33. The Labute approximate surface area is 144 Å². The first-order valence-corrected chi connectivity index (χ1v) is 7.43. The Kier molecular flexibility index (Phi) is 7.47. The van der Waals surface area contributed by atoms with Gasteiger partial charge in [-0.05, 0) is 38.2 Å². The molecule has 0 spiro atoms. The number of nitriles is 1. The molecule has 0 bridgehead atoms. The van der Waals surface area contributed by atoms with Gasteiger partial charge in [-0.2, -0.15) is 14.0 Å². The molecule has 1 aliphatic rings. The summed E-state index contributed by atoms with van der Waals surface area (Å²) in [5.74, 6) is -4.88. The van der Waals surface area contributed by atoms with E-state index in [4.69, 9.17) is 10.00 Å². The predicted octanol–water partition coefficient (Wildman–Crippen LogP) is 3.98. The van der Waals surface area contributed by atoms with Gasteiger partial charge < -0.3 is 9.47 Å². The zero-order chi connectivity index (χ0) is 18.9. The summed E-state index contributed by atoms with van der Waals surface area (Å²) < 4.78 is 37.4. The molecular formula is C18H18F2N2O3. The van der Waals surface area contributed by atoms with Crippen LogP contribution in [0.15, 0.2) is 65.2 Å². The Hall–Kier alpha value is -3.01. The van der Waals surface area contributed by atoms with Crippen molar-refractivity contribution in [3.8, 4) is 6.07 Å². The van der Waals surface area contributed by atoms with E-state index in [1.807, 2.05) is 6.07 Å². The molecule has 1 rings (SSSR count). The highest BCUT2D eigenvalue weighted by atomic mass is 19.3. The lowest BCUT2D eigenvalue weighted by Gasteiger charge is -2.13. The molecule has 7 heteroatoms. The Balaban J connectivity index is 2.93. The maximum absolute atomic E-state index is 13.8. The van der Waals surface area contributed by atoms with E-state index in [0.29, 0.717) is 17.8 Å². The number of rotatable bonds is 7. The molecule has 0 saturated heterocycles. The molecule has 0 saturated carbocycles. The van der Waals surface area contributed by atoms with Gasteiger partial charge in [-0.25, -0.2) is 4.79 Å². The van der Waals surface area contributed by atoms with Crippen LogP contribution in [-0.2, 0) is 14.3 Å². The van der Waals surface area contributed by atoms with E-state index in [-0.39, 0.29) is 12.4 Å². The van der Waals surface area contributed by atoms with Gasteiger partial charge in [0, 0.05) is 6.42 Å². The van der Waals surface area contributed by atoms with Gasteiger partial charge in [0.05, 0.1) is 30.2 Å². The summed E-state index contributed by atoms with van der Waals surface area (Å²) in [4.78, 5) is 14.8. The Morgan fingerprint density at radius 2 is 2.24 bits per heavy atom. The highest BCUT2D eigenvalue weighted by molar-refractivity contribution is 6.07. The molecule has 0 N–H and O–H groups in total. The van der Waals surface area contributed by atoms with Crippen LogP contribution in [0, 0.1) is 11.3 Å². The van der Waals surface area contributed by atoms with Gasteiger partial charge in [-0.1, -0.05) is 12.7 Å². The minimum atomic E-state index is -3.83. The molecule has 0 aromatic carbocycles. The third kappa shape index (κ3) is 5.84. The molecular weight excluding hydrogens is 330 g/mol. The second-order valence-corrected chi connectivity index (χ2v) is 4.82. The fourth-order valence-electron chi connectivity index (χ4n) is 1.64. The van der Waals surface area contributed by atoms with Crippen LogP contribution in [-0.4, -0.2) is 24.2 Å². The summed E-state index contributed by atoms with van der Waals surface area (Å²) in [5, 5.41) is 8.84. The maximum Gasteiger partial charge on any atom is 0.383 e. The molecule has 1 aliphatic carbocycles. The zero-order valence-electron chi connectivity index (χ0n) is 14.0. The van der Waals surface area contributed by atoms with Crippen LogP contribution in [0.3, 0.4) is 0 Å². The molecule has 0 amide bonds. The number of hydrogen-bond acceptors (Lipinski definition) is 5. The van der Waals surface area contributed by atoms with Gasteiger partial charge in [-0.15, -0.1) is 0 Å². The number of nitrogens with zero attached hydrogens (tertiary/aromatic N) is 2. The summed E-state index contributed by atoms with van der Waals surface area (Å²) in [6.45, 7) is 5.83. The second-order valence-electron chi connectivity index (χ2n) is 4.82. The van der Waals surface area contributed by atoms with E-state index < -0.39 is 17.6 Å². The van der Waals surface area contributed by atoms with Crippen LogP contribution in [0.25, 0.3) is 0 Å². The van der Waals surface area contributed by atoms with Crippen molar-refractivity contribution >= 4 is 11.7 Å². The first-order chi connectivity index (χ1) is 11.8. The van der Waals surface area contributed by atoms with Gasteiger partial charge >= 0.3 is 11.9 Å². The molecule has 132 valence electrons. The van der Waals surface area contributed by atoms with Crippen molar-refractivity contribution < 1.29 is 23.0 Å². The van der Waals surface area contributed by atoms with Crippen molar-refractivity contribution in [3.05, 3.63) is 60.3 Å². The van der Waals surface area contributed by atoms with Gasteiger partial charge in [0.2, 0.25) is 0 Å². The van der Waals surface area contributed by atoms with E-state index in [0.717, 1.165) is 13.1 Å². The quantitative estimate of drug-likeness (QED) is 0.302. The SMILES string of the molecule is C=C/C(=C\N=C(/C)C(F)(F)C(=O)OCC)OC1=CC=C(C#N)C=CC1. The van der Waals surface area contributed by atoms with E-state index in [1.165, 1.54) is 13.0 Å². The van der Waals surface area contributed by atoms with Gasteiger partial charge in [-0.3, -0.25) is 4.99 Å². The van der Waals surface area contributed by atoms with Crippen molar-refractivity contribution in [2.75, 3.05) is 6.61 Å². The molecule has 0 heterocycles. The van der Waals surface area contributed by atoms with Crippen LogP contribution in [0.5, 0.6) is 0 Å². The Morgan fingerprint density at radius 3 is 2.84 bits per heavy atom. The molecule has 0 atom stereocenters. The van der Waals surface area contributed by atoms with E-state index in [9.17, 15) is 13.6 Å². The van der Waals surface area contributed by atoms with Crippen LogP contribution < -0.4 is 0 Å². The van der Waals surface area contributed by atoms with Gasteiger partial charge in [0.25, 0.3) is 0 Å². The molecule has 0 radical (unpaired) electrons. The molecule has 25 heavy (non-hydrogen) atoms. The lowest BCUT2D eigenvalue weighted by molar-refractivity contribution is -0.162. The number of alkyl halides is 2. The average Bonchev–Trinajstić information content (AvgIpc) is 2.83. The van der Waals surface area contributed by atoms with Crippen molar-refractivity contribution in [2.24, 2.45) is 4.99 Å². The van der Waals surface area contributed by atoms with Gasteiger partial charge in [0.15, 0.2) is 0 Å². The number of allylic oxidation sites excluding steroid dienone is 6. The molecule has 5 nitrogen and oxygen atoms in total. The predicted molar refractivity (Wildman–Crippen MR) is 89.6 cm³/mol. The molecule has 0 aromatic rings. The highest BCUT2D eigenvalue weighted by Gasteiger charge is 2.43. The van der Waals surface area contributed by atoms with Crippen LogP contribution in [0.2, 0.25) is 0 Å². The van der Waals surface area contributed by atoms with Crippen molar-refractivity contribution in [1.29, 1.82) is 5.26 Å². The van der Waals surface area contributed by atoms with Crippen LogP contribution in [0.4, 0.5) is 8.78 Å². The number of halogens is 2. The average molecular weight is 348 g/mol. The number of ether oxygens (including phenoxy) is 2. The Bertz CT molecular complexity index is 723. The third-order valence-electron chi connectivity index (χ3n) is 3.02. The minimum absolute atomic E-state index is 0.118. The fraction of sp³-hybridized carbons (Fsp3) is 0.278. The van der Waals surface area contributed by atoms with Crippen LogP contribution in [0.1, 0.15) is 20.3 Å². The topological polar surface area (TPSA) is 71.7 Å². The summed E-state index contributed by atoms with van der Waals surface area (Å²) in [6, 6.07) is 2.00. The number of carbonyl (C=O) groups excluding carboxylic acids is 1. The summed E-state index contributed by atoms with van der Waals surface area (Å²) in [7, 11) is 0. The summed E-state index contributed by atoms with van der Waals surface area (Å²) in [6.07, 6.45) is 9.30. The van der Waals surface area contributed by atoms with Crippen molar-refractivity contribution in [2.45, 2.75) is 26.2 Å². The fourth-order valence-corrected chi connectivity index (χ4v) is 1.64. The van der Waals surface area contributed by atoms with Crippen molar-refractivity contribution in [1.82, 2.24) is 0 Å². The molecule has 0 aromatic heterocycles. The summed E-state index contributed by atoms with van der Waals surface area (Å²) in [5.41, 5.74) is -0.263. The number of aliphatic imine (C=N–C) groups is 1. The smallest absolute Gasteiger partial charge is 0.383 e. The van der Waals surface area contributed by atoms with E-state index >= 15 is 0 Å².